The minimum Gasteiger partial charge on any atom is -0.453 e. The number of esters is 2. The summed E-state index contributed by atoms with van der Waals surface area (Å²) in [6.45, 7) is 5.39. The number of Topliss-reactive ketones (excluding diaryl/α,β-unsaturated/α-hetero) is 1. The predicted molar refractivity (Wildman–Crippen MR) is 152 cm³/mol. The van der Waals surface area contributed by atoms with E-state index in [0.717, 1.165) is 6.42 Å². The van der Waals surface area contributed by atoms with E-state index < -0.39 is 81.2 Å². The maximum atomic E-state index is 13.8. The van der Waals surface area contributed by atoms with Crippen molar-refractivity contribution in [2.45, 2.75) is 82.6 Å². The fourth-order valence-electron chi connectivity index (χ4n) is 7.87. The van der Waals surface area contributed by atoms with E-state index in [0.29, 0.717) is 12.8 Å². The zero-order valence-electron chi connectivity index (χ0n) is 24.5. The zero-order chi connectivity index (χ0) is 31.1. The van der Waals surface area contributed by atoms with E-state index in [4.69, 9.17) is 27.9 Å². The first kappa shape index (κ1) is 29.5. The summed E-state index contributed by atoms with van der Waals surface area (Å²) in [5.41, 5.74) is -1.08. The molecular formula is C32H34O11S. The molecule has 2 aromatic carbocycles. The third kappa shape index (κ3) is 4.61. The number of fused-ring (bicyclic) bond motifs is 2. The van der Waals surface area contributed by atoms with Crippen molar-refractivity contribution in [3.8, 4) is 0 Å². The average molecular weight is 627 g/mol. The topological polar surface area (TPSA) is 141 Å². The first-order valence-corrected chi connectivity index (χ1v) is 16.4. The van der Waals surface area contributed by atoms with E-state index in [-0.39, 0.29) is 22.8 Å². The van der Waals surface area contributed by atoms with Gasteiger partial charge in [0.1, 0.15) is 30.2 Å². The molecule has 3 aliphatic heterocycles. The van der Waals surface area contributed by atoms with Crippen LogP contribution in [0.4, 0.5) is 0 Å². The molecule has 3 unspecified atom stereocenters. The molecule has 0 spiro atoms. The van der Waals surface area contributed by atoms with Gasteiger partial charge in [-0.15, -0.1) is 0 Å². The standard InChI is InChI=1S/C32H34O11S/c1-30(2)20-14-15-32(30,21(33)16-20)17-44(36,37)43-27-25-22(38-28(34)18-10-6-4-7-11-18)24-23(26(27)42-31(3,40-24)41-25)39-29(35)19-12-8-5-9-13-19/h4-13,20,22-27H,14-17H2,1-3H3/t20-,22-,23-,24?,25-,26+,27?,31?,32-/m1/s1. The van der Waals surface area contributed by atoms with Crippen LogP contribution in [-0.2, 0) is 42.8 Å². The Labute approximate surface area is 255 Å². The van der Waals surface area contributed by atoms with Gasteiger partial charge in [0.25, 0.3) is 16.1 Å². The highest BCUT2D eigenvalue weighted by Crippen LogP contribution is 2.64. The minimum absolute atomic E-state index is 0.0752. The van der Waals surface area contributed by atoms with Gasteiger partial charge < -0.3 is 23.7 Å². The quantitative estimate of drug-likeness (QED) is 0.314. The van der Waals surface area contributed by atoms with Gasteiger partial charge >= 0.3 is 11.9 Å². The molecule has 0 aromatic heterocycles. The van der Waals surface area contributed by atoms with Crippen molar-refractivity contribution in [3.05, 3.63) is 71.8 Å². The molecule has 8 rings (SSSR count). The van der Waals surface area contributed by atoms with E-state index in [1.807, 2.05) is 13.8 Å². The smallest absolute Gasteiger partial charge is 0.338 e. The van der Waals surface area contributed by atoms with Crippen LogP contribution >= 0.6 is 0 Å². The molecule has 0 amide bonds. The van der Waals surface area contributed by atoms with Gasteiger partial charge in [-0.1, -0.05) is 50.2 Å². The van der Waals surface area contributed by atoms with Crippen LogP contribution in [0.25, 0.3) is 0 Å². The molecule has 3 saturated heterocycles. The highest BCUT2D eigenvalue weighted by molar-refractivity contribution is 7.86. The molecule has 3 heterocycles. The van der Waals surface area contributed by atoms with E-state index in [1.54, 1.807) is 60.7 Å². The Morgan fingerprint density at radius 2 is 1.27 bits per heavy atom. The van der Waals surface area contributed by atoms with Crippen molar-refractivity contribution in [2.24, 2.45) is 16.7 Å². The molecule has 6 aliphatic rings. The zero-order valence-corrected chi connectivity index (χ0v) is 25.4. The lowest BCUT2D eigenvalue weighted by Crippen LogP contribution is -2.79. The molecule has 6 bridgehead atoms. The summed E-state index contributed by atoms with van der Waals surface area (Å²) < 4.78 is 63.4. The first-order chi connectivity index (χ1) is 20.8. The highest BCUT2D eigenvalue weighted by atomic mass is 32.2. The summed E-state index contributed by atoms with van der Waals surface area (Å²) in [4.78, 5) is 39.6. The fraction of sp³-hybridized carbons (Fsp3) is 0.531. The van der Waals surface area contributed by atoms with E-state index in [1.165, 1.54) is 6.92 Å². The van der Waals surface area contributed by atoms with Crippen LogP contribution in [0.15, 0.2) is 60.7 Å². The molecule has 11 nitrogen and oxygen atoms in total. The minimum atomic E-state index is -4.39. The number of hydrogen-bond acceptors (Lipinski definition) is 11. The Kier molecular flexibility index (Phi) is 6.84. The summed E-state index contributed by atoms with van der Waals surface area (Å²) in [7, 11) is -4.39. The van der Waals surface area contributed by atoms with Gasteiger partial charge in [0.15, 0.2) is 12.2 Å². The molecular weight excluding hydrogens is 592 g/mol. The molecule has 0 N–H and O–H groups in total. The highest BCUT2D eigenvalue weighted by Gasteiger charge is 2.71. The maximum absolute atomic E-state index is 13.8. The molecule has 0 radical (unpaired) electrons. The molecule has 234 valence electrons. The first-order valence-electron chi connectivity index (χ1n) is 14.8. The van der Waals surface area contributed by atoms with Gasteiger partial charge in [0.05, 0.1) is 22.3 Å². The van der Waals surface area contributed by atoms with E-state index >= 15 is 0 Å². The molecule has 3 saturated carbocycles. The van der Waals surface area contributed by atoms with Crippen molar-refractivity contribution in [1.82, 2.24) is 0 Å². The number of hydrogen-bond donors (Lipinski definition) is 0. The number of carbonyl (C=O) groups is 3. The normalized spacial score (nSPS) is 38.1. The van der Waals surface area contributed by atoms with Crippen LogP contribution in [0.3, 0.4) is 0 Å². The fourth-order valence-corrected chi connectivity index (χ4v) is 9.78. The predicted octanol–water partition coefficient (Wildman–Crippen LogP) is 3.42. The van der Waals surface area contributed by atoms with Crippen LogP contribution < -0.4 is 0 Å². The Hall–Kier alpha value is -3.16. The SMILES string of the molecule is CC12OC3[C@@H](OC(=O)c4ccccc4)[C@H](O1)C(OS(=O)(=O)C[C@]14CC[C@H](CC1=O)C4(C)C)[C@H](O2)[C@@H]3OC(=O)c1ccccc1. The van der Waals surface area contributed by atoms with Gasteiger partial charge in [-0.25, -0.2) is 9.59 Å². The lowest BCUT2D eigenvalue weighted by Gasteiger charge is -2.61. The second kappa shape index (κ2) is 10.2. The van der Waals surface area contributed by atoms with Gasteiger partial charge in [0.2, 0.25) is 0 Å². The van der Waals surface area contributed by atoms with Gasteiger partial charge in [-0.2, -0.15) is 8.42 Å². The second-order valence-corrected chi connectivity index (χ2v) is 14.6. The van der Waals surface area contributed by atoms with Crippen LogP contribution in [0.5, 0.6) is 0 Å². The van der Waals surface area contributed by atoms with Crippen molar-refractivity contribution in [3.63, 3.8) is 0 Å². The molecule has 2 aromatic rings. The largest absolute Gasteiger partial charge is 0.453 e. The Balaban J connectivity index is 1.22. The number of rotatable bonds is 8. The summed E-state index contributed by atoms with van der Waals surface area (Å²) in [5, 5.41) is 0. The van der Waals surface area contributed by atoms with Gasteiger partial charge in [0, 0.05) is 13.3 Å². The molecule has 6 fully saturated rings. The molecule has 3 aliphatic carbocycles. The number of ether oxygens (including phenoxy) is 5. The van der Waals surface area contributed by atoms with E-state index in [2.05, 4.69) is 0 Å². The van der Waals surface area contributed by atoms with Crippen LogP contribution in [0.2, 0.25) is 0 Å². The Bertz CT molecular complexity index is 1520. The summed E-state index contributed by atoms with van der Waals surface area (Å²) >= 11 is 0. The lowest BCUT2D eigenvalue weighted by atomic mass is 9.70. The monoisotopic (exact) mass is 626 g/mol. The van der Waals surface area contributed by atoms with Gasteiger partial charge in [-0.3, -0.25) is 8.98 Å². The number of benzene rings is 2. The molecule has 44 heavy (non-hydrogen) atoms. The lowest BCUT2D eigenvalue weighted by molar-refractivity contribution is -0.527. The number of ketones is 1. The van der Waals surface area contributed by atoms with Crippen LogP contribution in [-0.4, -0.2) is 74.5 Å². The maximum Gasteiger partial charge on any atom is 0.338 e. The summed E-state index contributed by atoms with van der Waals surface area (Å²) in [6, 6.07) is 16.5. The van der Waals surface area contributed by atoms with Crippen molar-refractivity contribution < 1.29 is 50.7 Å². The molecule has 9 atom stereocenters. The van der Waals surface area contributed by atoms with Crippen molar-refractivity contribution in [1.29, 1.82) is 0 Å². The third-order valence-electron chi connectivity index (χ3n) is 10.3. The molecule has 12 heteroatoms. The van der Waals surface area contributed by atoms with Gasteiger partial charge in [-0.05, 0) is 48.4 Å². The summed E-state index contributed by atoms with van der Waals surface area (Å²) in [6.07, 6.45) is -5.59. The van der Waals surface area contributed by atoms with Crippen LogP contribution in [0.1, 0.15) is 60.7 Å². The average Bonchev–Trinajstić information content (AvgIpc) is 3.33. The Morgan fingerprint density at radius 3 is 1.70 bits per heavy atom. The van der Waals surface area contributed by atoms with Crippen molar-refractivity contribution in [2.75, 3.05) is 5.75 Å². The summed E-state index contributed by atoms with van der Waals surface area (Å²) in [5.74, 6) is -3.50. The van der Waals surface area contributed by atoms with Crippen LogP contribution in [0, 0.1) is 16.7 Å². The second-order valence-electron chi connectivity index (χ2n) is 13.0. The van der Waals surface area contributed by atoms with Crippen molar-refractivity contribution >= 4 is 27.8 Å². The third-order valence-corrected chi connectivity index (χ3v) is 11.7. The number of carbonyl (C=O) groups excluding carboxylic acids is 3. The Morgan fingerprint density at radius 1 is 0.795 bits per heavy atom. The van der Waals surface area contributed by atoms with E-state index in [9.17, 15) is 22.8 Å².